The van der Waals surface area contributed by atoms with Crippen LogP contribution in [0, 0.1) is 20.8 Å². The third kappa shape index (κ3) is 2.82. The zero-order valence-electron chi connectivity index (χ0n) is 12.6. The average molecular weight is 277 g/mol. The minimum absolute atomic E-state index is 0.839. The molecular weight excluding hydrogens is 258 g/mol. The first-order valence-electron chi connectivity index (χ1n) is 7.09. The monoisotopic (exact) mass is 277 g/mol. The van der Waals surface area contributed by atoms with Crippen molar-refractivity contribution < 1.29 is 0 Å². The molecule has 3 heteroatoms. The second-order valence-electron chi connectivity index (χ2n) is 5.36. The van der Waals surface area contributed by atoms with Gasteiger partial charge in [-0.3, -0.25) is 4.57 Å². The number of aromatic nitrogens is 2. The fourth-order valence-electron chi connectivity index (χ4n) is 2.50. The highest BCUT2D eigenvalue weighted by molar-refractivity contribution is 5.57. The molecule has 0 unspecified atom stereocenters. The average Bonchev–Trinajstić information content (AvgIpc) is 2.80. The van der Waals surface area contributed by atoms with E-state index >= 15 is 0 Å². The third-order valence-corrected chi connectivity index (χ3v) is 3.47. The first-order chi connectivity index (χ1) is 10.1. The van der Waals surface area contributed by atoms with E-state index in [1.165, 1.54) is 11.1 Å². The molecular formula is C18H19N3. The summed E-state index contributed by atoms with van der Waals surface area (Å²) < 4.78 is 2.11. The molecule has 1 heterocycles. The summed E-state index contributed by atoms with van der Waals surface area (Å²) >= 11 is 0. The highest BCUT2D eigenvalue weighted by atomic mass is 15.2. The summed E-state index contributed by atoms with van der Waals surface area (Å²) in [6.45, 7) is 6.25. The zero-order valence-corrected chi connectivity index (χ0v) is 12.6. The van der Waals surface area contributed by atoms with Crippen LogP contribution in [0.3, 0.4) is 0 Å². The Morgan fingerprint density at radius 1 is 0.952 bits per heavy atom. The Bertz CT molecular complexity index is 757. The predicted molar refractivity (Wildman–Crippen MR) is 87.5 cm³/mol. The van der Waals surface area contributed by atoms with E-state index < -0.39 is 0 Å². The van der Waals surface area contributed by atoms with E-state index in [9.17, 15) is 0 Å². The van der Waals surface area contributed by atoms with Gasteiger partial charge in [0.15, 0.2) is 0 Å². The maximum atomic E-state index is 4.60. The van der Waals surface area contributed by atoms with Gasteiger partial charge in [-0.25, -0.2) is 4.98 Å². The van der Waals surface area contributed by atoms with Gasteiger partial charge in [0.05, 0.1) is 11.4 Å². The van der Waals surface area contributed by atoms with Gasteiger partial charge in [-0.1, -0.05) is 35.9 Å². The highest BCUT2D eigenvalue weighted by Gasteiger charge is 2.10. The van der Waals surface area contributed by atoms with Gasteiger partial charge in [-0.05, 0) is 44.5 Å². The SMILES string of the molecule is Cc1ccc(-n2cc(C)nc2Nc2ccccc2)c(C)c1. The van der Waals surface area contributed by atoms with Crippen molar-refractivity contribution in [3.63, 3.8) is 0 Å². The number of imidazole rings is 1. The lowest BCUT2D eigenvalue weighted by atomic mass is 10.1. The van der Waals surface area contributed by atoms with Gasteiger partial charge in [-0.2, -0.15) is 0 Å². The molecule has 0 atom stereocenters. The van der Waals surface area contributed by atoms with E-state index in [0.717, 1.165) is 23.0 Å². The first kappa shape index (κ1) is 13.4. The molecule has 21 heavy (non-hydrogen) atoms. The largest absolute Gasteiger partial charge is 0.325 e. The van der Waals surface area contributed by atoms with Crippen molar-refractivity contribution in [1.82, 2.24) is 9.55 Å². The van der Waals surface area contributed by atoms with Gasteiger partial charge in [0.25, 0.3) is 0 Å². The molecule has 106 valence electrons. The number of benzene rings is 2. The summed E-state index contributed by atoms with van der Waals surface area (Å²) in [5, 5.41) is 3.39. The molecule has 0 saturated heterocycles. The van der Waals surface area contributed by atoms with Crippen LogP contribution in [-0.2, 0) is 0 Å². The summed E-state index contributed by atoms with van der Waals surface area (Å²) in [5.41, 5.74) is 5.69. The fourth-order valence-corrected chi connectivity index (χ4v) is 2.50. The minimum Gasteiger partial charge on any atom is -0.325 e. The molecule has 0 spiro atoms. The van der Waals surface area contributed by atoms with Crippen molar-refractivity contribution in [2.75, 3.05) is 5.32 Å². The van der Waals surface area contributed by atoms with Crippen molar-refractivity contribution in [3.8, 4) is 5.69 Å². The Balaban J connectivity index is 2.03. The molecule has 0 aliphatic carbocycles. The third-order valence-electron chi connectivity index (χ3n) is 3.47. The second kappa shape index (κ2) is 5.44. The van der Waals surface area contributed by atoms with E-state index in [1.54, 1.807) is 0 Å². The molecule has 3 nitrogen and oxygen atoms in total. The van der Waals surface area contributed by atoms with Crippen molar-refractivity contribution in [3.05, 3.63) is 71.5 Å². The normalized spacial score (nSPS) is 10.6. The van der Waals surface area contributed by atoms with Crippen LogP contribution in [0.15, 0.2) is 54.7 Å². The quantitative estimate of drug-likeness (QED) is 0.761. The molecule has 1 aromatic heterocycles. The molecule has 0 saturated carbocycles. The predicted octanol–water partition coefficient (Wildman–Crippen LogP) is 4.54. The summed E-state index contributed by atoms with van der Waals surface area (Å²) in [6.07, 6.45) is 2.06. The van der Waals surface area contributed by atoms with E-state index in [4.69, 9.17) is 0 Å². The maximum absolute atomic E-state index is 4.60. The van der Waals surface area contributed by atoms with Crippen molar-refractivity contribution in [2.45, 2.75) is 20.8 Å². The number of rotatable bonds is 3. The number of aryl methyl sites for hydroxylation is 3. The standard InChI is InChI=1S/C18H19N3/c1-13-9-10-17(14(2)11-13)21-12-15(3)19-18(21)20-16-7-5-4-6-8-16/h4-12H,1-3H3,(H,19,20). The topological polar surface area (TPSA) is 29.9 Å². The van der Waals surface area contributed by atoms with Crippen LogP contribution >= 0.6 is 0 Å². The van der Waals surface area contributed by atoms with Crippen LogP contribution in [0.1, 0.15) is 16.8 Å². The van der Waals surface area contributed by atoms with E-state index in [0.29, 0.717) is 0 Å². The summed E-state index contributed by atoms with van der Waals surface area (Å²) in [4.78, 5) is 4.60. The van der Waals surface area contributed by atoms with Gasteiger partial charge in [-0.15, -0.1) is 0 Å². The number of para-hydroxylation sites is 1. The van der Waals surface area contributed by atoms with Crippen molar-refractivity contribution in [1.29, 1.82) is 0 Å². The maximum Gasteiger partial charge on any atom is 0.212 e. The Hall–Kier alpha value is -2.55. The van der Waals surface area contributed by atoms with E-state index in [1.807, 2.05) is 37.3 Å². The van der Waals surface area contributed by atoms with Crippen LogP contribution in [0.4, 0.5) is 11.6 Å². The van der Waals surface area contributed by atoms with Crippen molar-refractivity contribution in [2.24, 2.45) is 0 Å². The minimum atomic E-state index is 0.839. The molecule has 3 aromatic rings. The molecule has 0 fully saturated rings. The molecule has 0 aliphatic heterocycles. The molecule has 1 N–H and O–H groups in total. The van der Waals surface area contributed by atoms with E-state index in [-0.39, 0.29) is 0 Å². The molecule has 0 aliphatic rings. The number of anilines is 2. The summed E-state index contributed by atoms with van der Waals surface area (Å²) in [7, 11) is 0. The molecule has 3 rings (SSSR count). The highest BCUT2D eigenvalue weighted by Crippen LogP contribution is 2.23. The van der Waals surface area contributed by atoms with Crippen LogP contribution in [-0.4, -0.2) is 9.55 Å². The number of hydrogen-bond donors (Lipinski definition) is 1. The van der Waals surface area contributed by atoms with Gasteiger partial charge in [0.1, 0.15) is 0 Å². The van der Waals surface area contributed by atoms with Crippen LogP contribution in [0.2, 0.25) is 0 Å². The number of hydrogen-bond acceptors (Lipinski definition) is 2. The number of nitrogens with one attached hydrogen (secondary N) is 1. The summed E-state index contributed by atoms with van der Waals surface area (Å²) in [5.74, 6) is 0.839. The first-order valence-corrected chi connectivity index (χ1v) is 7.09. The van der Waals surface area contributed by atoms with Gasteiger partial charge in [0, 0.05) is 11.9 Å². The van der Waals surface area contributed by atoms with Gasteiger partial charge < -0.3 is 5.32 Å². The molecule has 0 bridgehead atoms. The van der Waals surface area contributed by atoms with Crippen LogP contribution in [0.5, 0.6) is 0 Å². The Morgan fingerprint density at radius 2 is 1.71 bits per heavy atom. The summed E-state index contributed by atoms with van der Waals surface area (Å²) in [6, 6.07) is 16.6. The lowest BCUT2D eigenvalue weighted by Crippen LogP contribution is -2.02. The van der Waals surface area contributed by atoms with E-state index in [2.05, 4.69) is 53.1 Å². The van der Waals surface area contributed by atoms with Gasteiger partial charge in [0.2, 0.25) is 5.95 Å². The second-order valence-corrected chi connectivity index (χ2v) is 5.36. The smallest absolute Gasteiger partial charge is 0.212 e. The van der Waals surface area contributed by atoms with Gasteiger partial charge >= 0.3 is 0 Å². The molecule has 0 radical (unpaired) electrons. The van der Waals surface area contributed by atoms with Crippen LogP contribution in [0.25, 0.3) is 5.69 Å². The molecule has 0 amide bonds. The Morgan fingerprint density at radius 3 is 2.43 bits per heavy atom. The Kier molecular flexibility index (Phi) is 3.48. The lowest BCUT2D eigenvalue weighted by molar-refractivity contribution is 1.04. The lowest BCUT2D eigenvalue weighted by Gasteiger charge is -2.12. The fraction of sp³-hybridized carbons (Fsp3) is 0.167. The number of nitrogens with zero attached hydrogens (tertiary/aromatic N) is 2. The molecule has 2 aromatic carbocycles. The Labute approximate surface area is 125 Å². The van der Waals surface area contributed by atoms with Crippen LogP contribution < -0.4 is 5.32 Å². The zero-order chi connectivity index (χ0) is 14.8. The van der Waals surface area contributed by atoms with Crippen molar-refractivity contribution >= 4 is 11.6 Å².